The third-order valence-electron chi connectivity index (χ3n) is 2.86. The number of likely N-dealkylation sites (tertiary alicyclic amines) is 1. The van der Waals surface area contributed by atoms with E-state index in [1.807, 2.05) is 4.90 Å². The Bertz CT molecular complexity index is 393. The number of hydrazine groups is 1. The second-order valence-electron chi connectivity index (χ2n) is 4.22. The molecule has 0 bridgehead atoms. The lowest BCUT2D eigenvalue weighted by atomic mass is 10.2. The second kappa shape index (κ2) is 4.49. The van der Waals surface area contributed by atoms with E-state index in [1.165, 1.54) is 0 Å². The van der Waals surface area contributed by atoms with Gasteiger partial charge in [-0.3, -0.25) is 15.6 Å². The molecule has 1 fully saturated rings. The third kappa shape index (κ3) is 2.14. The number of carbonyl (C=O) groups excluding carboxylic acids is 1. The van der Waals surface area contributed by atoms with Crippen LogP contribution in [0.3, 0.4) is 0 Å². The molecule has 1 atom stereocenters. The first kappa shape index (κ1) is 10.9. The lowest BCUT2D eigenvalue weighted by molar-refractivity contribution is 0.0782. The maximum atomic E-state index is 12.1. The molecule has 1 unspecified atom stereocenters. The van der Waals surface area contributed by atoms with Gasteiger partial charge in [-0.15, -0.1) is 0 Å². The number of pyridine rings is 1. The first-order chi connectivity index (χ1) is 7.70. The molecule has 1 aromatic rings. The van der Waals surface area contributed by atoms with Gasteiger partial charge in [0.15, 0.2) is 0 Å². The number of nitrogens with zero attached hydrogens (tertiary/aromatic N) is 2. The van der Waals surface area contributed by atoms with Crippen LogP contribution in [0.5, 0.6) is 0 Å². The Hall–Kier alpha value is -1.62. The summed E-state index contributed by atoms with van der Waals surface area (Å²) in [6.07, 6.45) is 2.66. The number of nitrogen functional groups attached to an aromatic ring is 1. The van der Waals surface area contributed by atoms with Crippen molar-refractivity contribution in [1.82, 2.24) is 9.88 Å². The second-order valence-corrected chi connectivity index (χ2v) is 4.22. The molecular formula is C11H16N4O. The minimum Gasteiger partial charge on any atom is -0.337 e. The number of amides is 1. The highest BCUT2D eigenvalue weighted by atomic mass is 16.2. The fourth-order valence-electron chi connectivity index (χ4n) is 1.92. The predicted octanol–water partition coefficient (Wildman–Crippen LogP) is 0.849. The predicted molar refractivity (Wildman–Crippen MR) is 61.7 cm³/mol. The smallest absolute Gasteiger partial charge is 0.272 e. The van der Waals surface area contributed by atoms with Gasteiger partial charge in [0.25, 0.3) is 5.91 Å². The van der Waals surface area contributed by atoms with Crippen molar-refractivity contribution in [3.8, 4) is 0 Å². The molecule has 5 nitrogen and oxygen atoms in total. The Kier molecular flexibility index (Phi) is 3.05. The lowest BCUT2D eigenvalue weighted by Gasteiger charge is -2.15. The first-order valence-electron chi connectivity index (χ1n) is 5.42. The fourth-order valence-corrected chi connectivity index (χ4v) is 1.92. The van der Waals surface area contributed by atoms with Gasteiger partial charge in [0.2, 0.25) is 0 Å². The Morgan fingerprint density at radius 2 is 2.50 bits per heavy atom. The van der Waals surface area contributed by atoms with Crippen LogP contribution in [0.25, 0.3) is 0 Å². The van der Waals surface area contributed by atoms with Crippen molar-refractivity contribution >= 4 is 11.6 Å². The quantitative estimate of drug-likeness (QED) is 0.572. The van der Waals surface area contributed by atoms with E-state index in [9.17, 15) is 4.79 Å². The molecule has 0 saturated carbocycles. The molecule has 0 aromatic carbocycles. The van der Waals surface area contributed by atoms with Crippen molar-refractivity contribution in [3.63, 3.8) is 0 Å². The van der Waals surface area contributed by atoms with Crippen molar-refractivity contribution in [3.05, 3.63) is 24.0 Å². The van der Waals surface area contributed by atoms with E-state index in [4.69, 9.17) is 5.84 Å². The molecule has 2 rings (SSSR count). The monoisotopic (exact) mass is 220 g/mol. The molecule has 1 aliphatic heterocycles. The van der Waals surface area contributed by atoms with E-state index in [2.05, 4.69) is 17.3 Å². The van der Waals surface area contributed by atoms with Gasteiger partial charge in [0.05, 0.1) is 5.69 Å². The number of carbonyl (C=O) groups is 1. The van der Waals surface area contributed by atoms with Gasteiger partial charge in [0, 0.05) is 19.3 Å². The number of aromatic nitrogens is 1. The van der Waals surface area contributed by atoms with Gasteiger partial charge in [-0.25, -0.2) is 0 Å². The summed E-state index contributed by atoms with van der Waals surface area (Å²) in [6.45, 7) is 3.79. The van der Waals surface area contributed by atoms with Crippen LogP contribution in [0.15, 0.2) is 18.3 Å². The molecule has 1 amide bonds. The zero-order valence-corrected chi connectivity index (χ0v) is 9.31. The third-order valence-corrected chi connectivity index (χ3v) is 2.86. The van der Waals surface area contributed by atoms with E-state index in [0.717, 1.165) is 19.5 Å². The SMILES string of the molecule is CC1CCN(C(=O)c2cc(NN)ccn2)C1. The standard InChI is InChI=1S/C11H16N4O/c1-8-3-5-15(7-8)11(16)10-6-9(14-12)2-4-13-10/h2,4,6,8H,3,5,7,12H2,1H3,(H,13,14). The van der Waals surface area contributed by atoms with Crippen molar-refractivity contribution in [2.24, 2.45) is 11.8 Å². The number of hydrogen-bond donors (Lipinski definition) is 2. The maximum Gasteiger partial charge on any atom is 0.272 e. The van der Waals surface area contributed by atoms with Crippen LogP contribution in [0.2, 0.25) is 0 Å². The van der Waals surface area contributed by atoms with E-state index < -0.39 is 0 Å². The van der Waals surface area contributed by atoms with Crippen LogP contribution < -0.4 is 11.3 Å². The van der Waals surface area contributed by atoms with Crippen LogP contribution in [0, 0.1) is 5.92 Å². The molecule has 1 saturated heterocycles. The van der Waals surface area contributed by atoms with E-state index in [-0.39, 0.29) is 5.91 Å². The number of anilines is 1. The van der Waals surface area contributed by atoms with Crippen LogP contribution >= 0.6 is 0 Å². The van der Waals surface area contributed by atoms with Gasteiger partial charge >= 0.3 is 0 Å². The Morgan fingerprint density at radius 1 is 1.69 bits per heavy atom. The highest BCUT2D eigenvalue weighted by molar-refractivity contribution is 5.93. The topological polar surface area (TPSA) is 71.2 Å². The van der Waals surface area contributed by atoms with E-state index >= 15 is 0 Å². The number of nitrogens with one attached hydrogen (secondary N) is 1. The van der Waals surface area contributed by atoms with Crippen molar-refractivity contribution in [2.75, 3.05) is 18.5 Å². The average Bonchev–Trinajstić information content (AvgIpc) is 2.75. The van der Waals surface area contributed by atoms with Crippen LogP contribution in [0.1, 0.15) is 23.8 Å². The van der Waals surface area contributed by atoms with Crippen molar-refractivity contribution < 1.29 is 4.79 Å². The summed E-state index contributed by atoms with van der Waals surface area (Å²) in [5.41, 5.74) is 3.66. The largest absolute Gasteiger partial charge is 0.337 e. The van der Waals surface area contributed by atoms with E-state index in [1.54, 1.807) is 18.3 Å². The summed E-state index contributed by atoms with van der Waals surface area (Å²) in [4.78, 5) is 18.0. The van der Waals surface area contributed by atoms with Crippen LogP contribution in [0.4, 0.5) is 5.69 Å². The zero-order valence-electron chi connectivity index (χ0n) is 9.31. The Morgan fingerprint density at radius 3 is 3.12 bits per heavy atom. The van der Waals surface area contributed by atoms with Gasteiger partial charge in [-0.05, 0) is 24.5 Å². The van der Waals surface area contributed by atoms with Gasteiger partial charge in [-0.2, -0.15) is 0 Å². The molecule has 1 aromatic heterocycles. The normalized spacial score (nSPS) is 19.9. The summed E-state index contributed by atoms with van der Waals surface area (Å²) >= 11 is 0. The summed E-state index contributed by atoms with van der Waals surface area (Å²) < 4.78 is 0. The molecular weight excluding hydrogens is 204 g/mol. The van der Waals surface area contributed by atoms with Crippen LogP contribution in [-0.2, 0) is 0 Å². The number of rotatable bonds is 2. The van der Waals surface area contributed by atoms with Gasteiger partial charge in [0.1, 0.15) is 5.69 Å². The van der Waals surface area contributed by atoms with Crippen molar-refractivity contribution in [1.29, 1.82) is 0 Å². The summed E-state index contributed by atoms with van der Waals surface area (Å²) in [5.74, 6) is 5.86. The fraction of sp³-hybridized carbons (Fsp3) is 0.455. The van der Waals surface area contributed by atoms with Crippen LogP contribution in [-0.4, -0.2) is 28.9 Å². The molecule has 0 radical (unpaired) electrons. The minimum atomic E-state index is -0.0125. The summed E-state index contributed by atoms with van der Waals surface area (Å²) in [7, 11) is 0. The molecule has 16 heavy (non-hydrogen) atoms. The zero-order chi connectivity index (χ0) is 11.5. The Balaban J connectivity index is 2.14. The molecule has 0 aliphatic carbocycles. The number of hydrogen-bond acceptors (Lipinski definition) is 4. The molecule has 1 aliphatic rings. The lowest BCUT2D eigenvalue weighted by Crippen LogP contribution is -2.29. The molecule has 3 N–H and O–H groups in total. The van der Waals surface area contributed by atoms with E-state index in [0.29, 0.717) is 17.3 Å². The minimum absolute atomic E-state index is 0.0125. The molecule has 5 heteroatoms. The highest BCUT2D eigenvalue weighted by Crippen LogP contribution is 2.18. The van der Waals surface area contributed by atoms with Gasteiger partial charge < -0.3 is 10.3 Å². The summed E-state index contributed by atoms with van der Waals surface area (Å²) in [6, 6.07) is 3.40. The molecule has 86 valence electrons. The highest BCUT2D eigenvalue weighted by Gasteiger charge is 2.24. The Labute approximate surface area is 94.6 Å². The summed E-state index contributed by atoms with van der Waals surface area (Å²) in [5, 5.41) is 0. The van der Waals surface area contributed by atoms with Gasteiger partial charge in [-0.1, -0.05) is 6.92 Å². The number of nitrogens with two attached hydrogens (primary N) is 1. The molecule has 0 spiro atoms. The first-order valence-corrected chi connectivity index (χ1v) is 5.42. The maximum absolute atomic E-state index is 12.1. The van der Waals surface area contributed by atoms with Crippen molar-refractivity contribution in [2.45, 2.75) is 13.3 Å². The average molecular weight is 220 g/mol. The molecule has 2 heterocycles.